The monoisotopic (exact) mass is 544 g/mol. The number of rotatable bonds is 0. The number of benzene rings is 4. The van der Waals surface area contributed by atoms with Crippen molar-refractivity contribution in [3.8, 4) is 0 Å². The van der Waals surface area contributed by atoms with Gasteiger partial charge in [0.2, 0.25) is 0 Å². The van der Waals surface area contributed by atoms with Crippen LogP contribution >= 0.6 is 47.8 Å². The lowest BCUT2D eigenvalue weighted by atomic mass is 10.0. The minimum absolute atomic E-state index is 0.400. The molecule has 0 aliphatic rings. The Kier molecular flexibility index (Phi) is 6.05. The molecule has 0 amide bonds. The molecule has 0 unspecified atom stereocenters. The van der Waals surface area contributed by atoms with Crippen LogP contribution in [0.3, 0.4) is 0 Å². The van der Waals surface area contributed by atoms with E-state index in [2.05, 4.69) is 108 Å². The zero-order valence-corrected chi connectivity index (χ0v) is 17.8. The Morgan fingerprint density at radius 2 is 0.769 bits per heavy atom. The maximum atomic E-state index is 12.8. The number of hydrogen-bond acceptors (Lipinski definition) is 0. The van der Waals surface area contributed by atoms with Crippen molar-refractivity contribution in [1.82, 2.24) is 0 Å². The summed E-state index contributed by atoms with van der Waals surface area (Å²) in [5.74, 6) is -2.98. The minimum Gasteiger partial charge on any atom is -0.204 e. The van der Waals surface area contributed by atoms with E-state index in [0.29, 0.717) is 0 Å². The first kappa shape index (κ1) is 19.4. The van der Waals surface area contributed by atoms with Gasteiger partial charge in [-0.2, -0.15) is 0 Å². The van der Waals surface area contributed by atoms with E-state index in [9.17, 15) is 13.2 Å². The van der Waals surface area contributed by atoms with Gasteiger partial charge in [-0.25, -0.2) is 13.2 Å². The molecule has 0 radical (unpaired) electrons. The molecule has 0 saturated carbocycles. The van der Waals surface area contributed by atoms with Crippen molar-refractivity contribution in [2.45, 2.75) is 0 Å². The molecule has 0 atom stereocenters. The van der Waals surface area contributed by atoms with Crippen LogP contribution in [0.5, 0.6) is 0 Å². The van der Waals surface area contributed by atoms with Gasteiger partial charge in [-0.3, -0.25) is 0 Å². The Balaban J connectivity index is 0.000000153. The molecule has 0 heterocycles. The van der Waals surface area contributed by atoms with E-state index in [0.717, 1.165) is 0 Å². The largest absolute Gasteiger partial charge is 0.204 e. The van der Waals surface area contributed by atoms with E-state index in [-0.39, 0.29) is 0 Å². The molecule has 0 fully saturated rings. The molecule has 0 N–H and O–H groups in total. The minimum atomic E-state index is -0.992. The van der Waals surface area contributed by atoms with Gasteiger partial charge in [-0.15, -0.1) is 0 Å². The summed E-state index contributed by atoms with van der Waals surface area (Å²) in [6.45, 7) is 0. The molecular formula is C20H10Br3F3. The summed E-state index contributed by atoms with van der Waals surface area (Å²) in [5.41, 5.74) is 0. The van der Waals surface area contributed by atoms with Gasteiger partial charge in [0.15, 0.2) is 17.5 Å². The van der Waals surface area contributed by atoms with Gasteiger partial charge in [-0.05, 0) is 69.3 Å². The molecule has 0 aromatic heterocycles. The van der Waals surface area contributed by atoms with Crippen molar-refractivity contribution in [3.63, 3.8) is 0 Å². The van der Waals surface area contributed by atoms with E-state index in [1.165, 1.54) is 21.5 Å². The Labute approximate surface area is 173 Å². The molecule has 4 rings (SSSR count). The summed E-state index contributed by atoms with van der Waals surface area (Å²) in [4.78, 5) is 0. The van der Waals surface area contributed by atoms with E-state index in [1.807, 2.05) is 0 Å². The summed E-state index contributed by atoms with van der Waals surface area (Å²) >= 11 is 7.91. The average molecular weight is 547 g/mol. The topological polar surface area (TPSA) is 0 Å². The molecule has 0 spiro atoms. The van der Waals surface area contributed by atoms with Crippen LogP contribution < -0.4 is 0 Å². The highest BCUT2D eigenvalue weighted by molar-refractivity contribution is 9.11. The lowest BCUT2D eigenvalue weighted by Gasteiger charge is -2.03. The van der Waals surface area contributed by atoms with Crippen LogP contribution in [0.15, 0.2) is 74.1 Å². The van der Waals surface area contributed by atoms with Gasteiger partial charge in [-0.1, -0.05) is 60.7 Å². The van der Waals surface area contributed by atoms with Crippen molar-refractivity contribution in [2.75, 3.05) is 0 Å². The third-order valence-electron chi connectivity index (χ3n) is 3.81. The van der Waals surface area contributed by atoms with E-state index in [1.54, 1.807) is 0 Å². The molecule has 6 heteroatoms. The zero-order valence-electron chi connectivity index (χ0n) is 13.0. The molecule has 0 aliphatic carbocycles. The molecule has 132 valence electrons. The maximum Gasteiger partial charge on any atom is 0.157 e. The molecular weight excluding hydrogens is 537 g/mol. The van der Waals surface area contributed by atoms with Gasteiger partial charge in [0.25, 0.3) is 0 Å². The van der Waals surface area contributed by atoms with Crippen molar-refractivity contribution < 1.29 is 13.2 Å². The third-order valence-corrected chi connectivity index (χ3v) is 5.90. The van der Waals surface area contributed by atoms with Crippen molar-refractivity contribution in [2.24, 2.45) is 0 Å². The Morgan fingerprint density at radius 3 is 1.12 bits per heavy atom. The van der Waals surface area contributed by atoms with E-state index >= 15 is 0 Å². The molecule has 4 aromatic carbocycles. The standard InChI is InChI=1S/C14H10.C6Br3F3/c1-3-7-13-11(5-1)9-10-12-6-2-4-8-14(12)13;7-1-4(10)2(8)6(12)3(9)5(1)11/h1-10H;. The number of fused-ring (bicyclic) bond motifs is 3. The SMILES string of the molecule is Fc1c(Br)c(F)c(Br)c(F)c1Br.c1ccc2c(c1)ccc1ccccc12. The summed E-state index contributed by atoms with van der Waals surface area (Å²) < 4.78 is 37.3. The Hall–Kier alpha value is -1.37. The van der Waals surface area contributed by atoms with E-state index in [4.69, 9.17) is 0 Å². The van der Waals surface area contributed by atoms with Crippen molar-refractivity contribution in [3.05, 3.63) is 91.5 Å². The van der Waals surface area contributed by atoms with Crippen LogP contribution in [-0.4, -0.2) is 0 Å². The zero-order chi connectivity index (χ0) is 18.8. The first-order valence-corrected chi connectivity index (χ1v) is 9.83. The van der Waals surface area contributed by atoms with Crippen molar-refractivity contribution in [1.29, 1.82) is 0 Å². The van der Waals surface area contributed by atoms with Gasteiger partial charge in [0.1, 0.15) is 0 Å². The van der Waals surface area contributed by atoms with Crippen LogP contribution in [0, 0.1) is 17.5 Å². The summed E-state index contributed by atoms with van der Waals surface area (Å²) in [5, 5.41) is 5.30. The molecule has 26 heavy (non-hydrogen) atoms. The van der Waals surface area contributed by atoms with Crippen LogP contribution in [0.25, 0.3) is 21.5 Å². The second-order valence-corrected chi connectivity index (χ2v) is 7.77. The predicted molar refractivity (Wildman–Crippen MR) is 111 cm³/mol. The van der Waals surface area contributed by atoms with Crippen LogP contribution in [0.2, 0.25) is 0 Å². The van der Waals surface area contributed by atoms with Gasteiger partial charge < -0.3 is 0 Å². The molecule has 0 aliphatic heterocycles. The second kappa shape index (κ2) is 8.11. The smallest absolute Gasteiger partial charge is 0.157 e. The van der Waals surface area contributed by atoms with Crippen LogP contribution in [0.4, 0.5) is 13.2 Å². The molecule has 0 saturated heterocycles. The predicted octanol–water partition coefficient (Wildman–Crippen LogP) is 8.38. The number of hydrogen-bond donors (Lipinski definition) is 0. The summed E-state index contributed by atoms with van der Waals surface area (Å²) in [6, 6.07) is 21.4. The maximum absolute atomic E-state index is 12.8. The highest BCUT2D eigenvalue weighted by Crippen LogP contribution is 2.35. The molecule has 4 aromatic rings. The first-order chi connectivity index (χ1) is 12.4. The number of halogens is 6. The Bertz CT molecular complexity index is 950. The fourth-order valence-corrected chi connectivity index (χ4v) is 4.52. The van der Waals surface area contributed by atoms with E-state index < -0.39 is 30.9 Å². The fraction of sp³-hybridized carbons (Fsp3) is 0. The lowest BCUT2D eigenvalue weighted by Crippen LogP contribution is -1.93. The summed E-state index contributed by atoms with van der Waals surface area (Å²) in [6.07, 6.45) is 0. The first-order valence-electron chi connectivity index (χ1n) is 7.45. The van der Waals surface area contributed by atoms with Gasteiger partial charge in [0, 0.05) is 0 Å². The lowest BCUT2D eigenvalue weighted by molar-refractivity contribution is 0.518. The third kappa shape index (κ3) is 3.68. The highest BCUT2D eigenvalue weighted by atomic mass is 79.9. The second-order valence-electron chi connectivity index (χ2n) is 5.39. The van der Waals surface area contributed by atoms with Gasteiger partial charge in [0.05, 0.1) is 13.4 Å². The van der Waals surface area contributed by atoms with Crippen LogP contribution in [-0.2, 0) is 0 Å². The molecule has 0 nitrogen and oxygen atoms in total. The fourth-order valence-electron chi connectivity index (χ4n) is 2.53. The Morgan fingerprint density at radius 1 is 0.462 bits per heavy atom. The summed E-state index contributed by atoms with van der Waals surface area (Å²) in [7, 11) is 0. The highest BCUT2D eigenvalue weighted by Gasteiger charge is 2.20. The normalized spacial score (nSPS) is 10.7. The quantitative estimate of drug-likeness (QED) is 0.118. The van der Waals surface area contributed by atoms with Gasteiger partial charge >= 0.3 is 0 Å². The molecule has 0 bridgehead atoms. The van der Waals surface area contributed by atoms with Crippen molar-refractivity contribution >= 4 is 69.3 Å². The average Bonchev–Trinajstić information content (AvgIpc) is 2.70. The van der Waals surface area contributed by atoms with Crippen LogP contribution in [0.1, 0.15) is 0 Å².